The van der Waals surface area contributed by atoms with Gasteiger partial charge in [0.15, 0.2) is 0 Å². The van der Waals surface area contributed by atoms with E-state index in [9.17, 15) is 12.3 Å². The van der Waals surface area contributed by atoms with Gasteiger partial charge in [0.05, 0.1) is 18.3 Å². The van der Waals surface area contributed by atoms with Crippen LogP contribution >= 0.6 is 0 Å². The number of rotatable bonds is 2. The predicted octanol–water partition coefficient (Wildman–Crippen LogP) is 0.624. The van der Waals surface area contributed by atoms with E-state index in [0.717, 1.165) is 12.8 Å². The molecule has 0 N–H and O–H groups in total. The molecule has 2 unspecified atom stereocenters. The van der Waals surface area contributed by atoms with Gasteiger partial charge in [-0.25, -0.2) is 0 Å². The van der Waals surface area contributed by atoms with Gasteiger partial charge < -0.3 is 9.47 Å². The van der Waals surface area contributed by atoms with E-state index in [-0.39, 0.29) is 5.60 Å². The van der Waals surface area contributed by atoms with E-state index in [1.807, 2.05) is 0 Å². The third-order valence-corrected chi connectivity index (χ3v) is 3.56. The standard InChI is InChI=1S/C8H13FO4S/c9-14(10,11)5-7-1-2-8(13-7)3-4-12-6-8/h7H,1-6H2. The maximum atomic E-state index is 12.4. The Balaban J connectivity index is 1.94. The lowest BCUT2D eigenvalue weighted by Crippen LogP contribution is -2.30. The Bertz CT molecular complexity index is 307. The van der Waals surface area contributed by atoms with Crippen molar-refractivity contribution < 1.29 is 21.8 Å². The van der Waals surface area contributed by atoms with Crippen molar-refractivity contribution in [2.45, 2.75) is 31.0 Å². The van der Waals surface area contributed by atoms with Crippen molar-refractivity contribution in [3.8, 4) is 0 Å². The van der Waals surface area contributed by atoms with Crippen LogP contribution in [0.3, 0.4) is 0 Å². The minimum atomic E-state index is -4.42. The molecule has 6 heteroatoms. The third-order valence-electron chi connectivity index (χ3n) is 2.79. The number of ether oxygens (including phenoxy) is 2. The second kappa shape index (κ2) is 3.43. The van der Waals surface area contributed by atoms with Crippen molar-refractivity contribution in [2.24, 2.45) is 0 Å². The molecule has 0 amide bonds. The van der Waals surface area contributed by atoms with Gasteiger partial charge in [-0.05, 0) is 12.8 Å². The van der Waals surface area contributed by atoms with Crippen molar-refractivity contribution in [1.82, 2.24) is 0 Å². The lowest BCUT2D eigenvalue weighted by molar-refractivity contribution is -0.0365. The van der Waals surface area contributed by atoms with Gasteiger partial charge in [0.1, 0.15) is 5.75 Å². The third kappa shape index (κ3) is 2.24. The maximum Gasteiger partial charge on any atom is 0.304 e. The Morgan fingerprint density at radius 1 is 1.43 bits per heavy atom. The highest BCUT2D eigenvalue weighted by Crippen LogP contribution is 2.37. The summed E-state index contributed by atoms with van der Waals surface area (Å²) in [6.07, 6.45) is 1.67. The molecule has 2 atom stereocenters. The summed E-state index contributed by atoms with van der Waals surface area (Å²) in [6, 6.07) is 0. The summed E-state index contributed by atoms with van der Waals surface area (Å²) >= 11 is 0. The van der Waals surface area contributed by atoms with Crippen LogP contribution in [-0.4, -0.2) is 39.1 Å². The van der Waals surface area contributed by atoms with Gasteiger partial charge in [0.25, 0.3) is 0 Å². The van der Waals surface area contributed by atoms with Crippen LogP contribution in [0.1, 0.15) is 19.3 Å². The van der Waals surface area contributed by atoms with Gasteiger partial charge in [-0.3, -0.25) is 0 Å². The second-order valence-corrected chi connectivity index (χ2v) is 5.38. The van der Waals surface area contributed by atoms with Crippen LogP contribution in [0.25, 0.3) is 0 Å². The SMILES string of the molecule is O=S(=O)(F)CC1CCC2(CCOC2)O1. The molecule has 2 saturated heterocycles. The highest BCUT2D eigenvalue weighted by atomic mass is 32.3. The predicted molar refractivity (Wildman–Crippen MR) is 47.2 cm³/mol. The molecule has 0 aromatic rings. The van der Waals surface area contributed by atoms with Crippen molar-refractivity contribution in [2.75, 3.05) is 19.0 Å². The van der Waals surface area contributed by atoms with Crippen molar-refractivity contribution >= 4 is 10.2 Å². The average Bonchev–Trinajstić information content (AvgIpc) is 2.60. The van der Waals surface area contributed by atoms with Gasteiger partial charge in [-0.2, -0.15) is 8.42 Å². The van der Waals surface area contributed by atoms with Gasteiger partial charge in [-0.1, -0.05) is 0 Å². The quantitative estimate of drug-likeness (QED) is 0.645. The molecule has 2 fully saturated rings. The van der Waals surface area contributed by atoms with Crippen LogP contribution in [0, 0.1) is 0 Å². The molecule has 82 valence electrons. The van der Waals surface area contributed by atoms with Crippen LogP contribution in [0.2, 0.25) is 0 Å². The summed E-state index contributed by atoms with van der Waals surface area (Å²) in [7, 11) is -4.42. The van der Waals surface area contributed by atoms with Crippen molar-refractivity contribution in [3.05, 3.63) is 0 Å². The fourth-order valence-electron chi connectivity index (χ4n) is 2.11. The summed E-state index contributed by atoms with van der Waals surface area (Å²) in [6.45, 7) is 1.16. The molecule has 2 aliphatic heterocycles. The van der Waals surface area contributed by atoms with Crippen LogP contribution < -0.4 is 0 Å². The van der Waals surface area contributed by atoms with E-state index in [4.69, 9.17) is 9.47 Å². The molecule has 0 aromatic heterocycles. The molecular formula is C8H13FO4S. The van der Waals surface area contributed by atoms with Gasteiger partial charge in [-0.15, -0.1) is 3.89 Å². The second-order valence-electron chi connectivity index (χ2n) is 3.97. The van der Waals surface area contributed by atoms with E-state index >= 15 is 0 Å². The Hall–Kier alpha value is -0.200. The molecule has 0 bridgehead atoms. The van der Waals surface area contributed by atoms with Crippen molar-refractivity contribution in [1.29, 1.82) is 0 Å². The summed E-state index contributed by atoms with van der Waals surface area (Å²) < 4.78 is 43.9. The number of hydrogen-bond acceptors (Lipinski definition) is 4. The lowest BCUT2D eigenvalue weighted by Gasteiger charge is -2.21. The molecule has 2 heterocycles. The molecule has 4 nitrogen and oxygen atoms in total. The topological polar surface area (TPSA) is 52.6 Å². The zero-order chi connectivity index (χ0) is 10.2. The summed E-state index contributed by atoms with van der Waals surface area (Å²) in [4.78, 5) is 0. The minimum absolute atomic E-state index is 0.324. The molecule has 2 aliphatic rings. The minimum Gasteiger partial charge on any atom is -0.378 e. The highest BCUT2D eigenvalue weighted by Gasteiger charge is 2.44. The zero-order valence-electron chi connectivity index (χ0n) is 7.74. The van der Waals surface area contributed by atoms with Gasteiger partial charge >= 0.3 is 10.2 Å². The highest BCUT2D eigenvalue weighted by molar-refractivity contribution is 7.86. The maximum absolute atomic E-state index is 12.4. The van der Waals surface area contributed by atoms with Crippen LogP contribution in [0.15, 0.2) is 0 Å². The van der Waals surface area contributed by atoms with E-state index in [2.05, 4.69) is 0 Å². The van der Waals surface area contributed by atoms with E-state index < -0.39 is 22.1 Å². The smallest absolute Gasteiger partial charge is 0.304 e. The molecule has 2 rings (SSSR count). The Morgan fingerprint density at radius 3 is 2.79 bits per heavy atom. The Morgan fingerprint density at radius 2 is 2.21 bits per heavy atom. The summed E-state index contributed by atoms with van der Waals surface area (Å²) in [5.41, 5.74) is -0.324. The average molecular weight is 224 g/mol. The fraction of sp³-hybridized carbons (Fsp3) is 1.00. The number of halogens is 1. The largest absolute Gasteiger partial charge is 0.378 e. The first-order chi connectivity index (χ1) is 6.49. The normalized spacial score (nSPS) is 38.2. The first-order valence-electron chi connectivity index (χ1n) is 4.67. The van der Waals surface area contributed by atoms with E-state index in [0.29, 0.717) is 19.6 Å². The molecule has 0 saturated carbocycles. The zero-order valence-corrected chi connectivity index (χ0v) is 8.56. The van der Waals surface area contributed by atoms with Crippen LogP contribution in [0.5, 0.6) is 0 Å². The summed E-state index contributed by atoms with van der Waals surface area (Å²) in [5.74, 6) is -0.519. The van der Waals surface area contributed by atoms with Gasteiger partial charge in [0.2, 0.25) is 0 Å². The number of hydrogen-bond donors (Lipinski definition) is 0. The summed E-state index contributed by atoms with van der Waals surface area (Å²) in [5, 5.41) is 0. The molecule has 0 radical (unpaired) electrons. The first kappa shape index (κ1) is 10.3. The lowest BCUT2D eigenvalue weighted by atomic mass is 9.99. The van der Waals surface area contributed by atoms with Crippen LogP contribution in [-0.2, 0) is 19.7 Å². The Labute approximate surface area is 82.6 Å². The molecule has 0 aliphatic carbocycles. The van der Waals surface area contributed by atoms with Gasteiger partial charge in [0, 0.05) is 13.0 Å². The first-order valence-corrected chi connectivity index (χ1v) is 6.22. The molecular weight excluding hydrogens is 211 g/mol. The van der Waals surface area contributed by atoms with Crippen molar-refractivity contribution in [3.63, 3.8) is 0 Å². The monoisotopic (exact) mass is 224 g/mol. The molecule has 1 spiro atoms. The molecule has 0 aromatic carbocycles. The van der Waals surface area contributed by atoms with E-state index in [1.165, 1.54) is 0 Å². The fourth-order valence-corrected chi connectivity index (χ4v) is 2.79. The Kier molecular flexibility index (Phi) is 2.53. The van der Waals surface area contributed by atoms with E-state index in [1.54, 1.807) is 0 Å². The van der Waals surface area contributed by atoms with Crippen LogP contribution in [0.4, 0.5) is 3.89 Å². The molecule has 14 heavy (non-hydrogen) atoms.